The second-order valence-corrected chi connectivity index (χ2v) is 6.62. The van der Waals surface area contributed by atoms with E-state index in [2.05, 4.69) is 31.0 Å². The summed E-state index contributed by atoms with van der Waals surface area (Å²) in [6.45, 7) is 1.65. The van der Waals surface area contributed by atoms with Crippen molar-refractivity contribution in [1.29, 1.82) is 0 Å². The fourth-order valence-electron chi connectivity index (χ4n) is 2.94. The molecular formula is C14H17BrN8. The Balaban J connectivity index is 1.90. The number of nitrogens with zero attached hydrogens (tertiary/aromatic N) is 6. The molecule has 4 N–H and O–H groups in total. The standard InChI is InChI=1S/C14H17BrN8/c1-21-6-8(4-18-21)10-5-19-23-12(17)11(15)14(20-13(10)23)22-3-2-9(16)7-22/h4-6,9H,2-3,7,16-17H2,1H3/t9-/m0/s1. The predicted octanol–water partition coefficient (Wildman–Crippen LogP) is 1.01. The van der Waals surface area contributed by atoms with Crippen LogP contribution >= 0.6 is 15.9 Å². The second-order valence-electron chi connectivity index (χ2n) is 5.83. The van der Waals surface area contributed by atoms with Crippen molar-refractivity contribution in [2.24, 2.45) is 12.8 Å². The van der Waals surface area contributed by atoms with Crippen molar-refractivity contribution >= 4 is 33.2 Å². The SMILES string of the molecule is Cn1cc(-c2cnn3c(N)c(Br)c(N4CC[C@H](N)C4)nc23)cn1. The number of hydrogen-bond donors (Lipinski definition) is 2. The van der Waals surface area contributed by atoms with Crippen LogP contribution < -0.4 is 16.4 Å². The van der Waals surface area contributed by atoms with Gasteiger partial charge < -0.3 is 16.4 Å². The van der Waals surface area contributed by atoms with E-state index in [0.717, 1.165) is 40.9 Å². The molecule has 8 nitrogen and oxygen atoms in total. The number of aromatic nitrogens is 5. The third-order valence-electron chi connectivity index (χ3n) is 4.15. The van der Waals surface area contributed by atoms with Gasteiger partial charge in [0.15, 0.2) is 5.65 Å². The summed E-state index contributed by atoms with van der Waals surface area (Å²) in [5.74, 6) is 1.34. The molecule has 0 bridgehead atoms. The third-order valence-corrected chi connectivity index (χ3v) is 4.91. The average Bonchev–Trinajstić information content (AvgIpc) is 3.22. The summed E-state index contributed by atoms with van der Waals surface area (Å²) in [6.07, 6.45) is 6.44. The summed E-state index contributed by atoms with van der Waals surface area (Å²) < 4.78 is 4.15. The lowest BCUT2D eigenvalue weighted by molar-refractivity contribution is 0.751. The first kappa shape index (κ1) is 14.5. The number of aryl methyl sites for hydroxylation is 1. The Morgan fingerprint density at radius 1 is 1.30 bits per heavy atom. The highest BCUT2D eigenvalue weighted by Gasteiger charge is 2.25. The fraction of sp³-hybridized carbons (Fsp3) is 0.357. The lowest BCUT2D eigenvalue weighted by atomic mass is 10.2. The van der Waals surface area contributed by atoms with E-state index in [1.165, 1.54) is 0 Å². The van der Waals surface area contributed by atoms with Crippen molar-refractivity contribution in [3.8, 4) is 11.1 Å². The van der Waals surface area contributed by atoms with Gasteiger partial charge in [0.2, 0.25) is 0 Å². The zero-order valence-corrected chi connectivity index (χ0v) is 14.2. The monoisotopic (exact) mass is 376 g/mol. The van der Waals surface area contributed by atoms with Crippen LogP contribution in [-0.4, -0.2) is 43.5 Å². The van der Waals surface area contributed by atoms with E-state index < -0.39 is 0 Å². The zero-order chi connectivity index (χ0) is 16.1. The van der Waals surface area contributed by atoms with Crippen LogP contribution in [0.4, 0.5) is 11.6 Å². The molecule has 1 aliphatic rings. The molecule has 0 aromatic carbocycles. The van der Waals surface area contributed by atoms with Crippen molar-refractivity contribution in [3.05, 3.63) is 23.1 Å². The lowest BCUT2D eigenvalue weighted by Crippen LogP contribution is -2.27. The molecule has 0 amide bonds. The molecule has 1 saturated heterocycles. The molecule has 1 aliphatic heterocycles. The third kappa shape index (κ3) is 2.27. The van der Waals surface area contributed by atoms with Gasteiger partial charge in [-0.25, -0.2) is 4.98 Å². The number of halogens is 1. The zero-order valence-electron chi connectivity index (χ0n) is 12.6. The molecule has 1 atom stereocenters. The van der Waals surface area contributed by atoms with Gasteiger partial charge in [0, 0.05) is 43.5 Å². The van der Waals surface area contributed by atoms with E-state index in [1.54, 1.807) is 21.6 Å². The van der Waals surface area contributed by atoms with E-state index in [4.69, 9.17) is 16.5 Å². The maximum atomic E-state index is 6.25. The van der Waals surface area contributed by atoms with E-state index in [0.29, 0.717) is 11.5 Å². The van der Waals surface area contributed by atoms with Crippen LogP contribution in [0.5, 0.6) is 0 Å². The van der Waals surface area contributed by atoms with E-state index in [1.807, 2.05) is 13.2 Å². The van der Waals surface area contributed by atoms with Crippen LogP contribution in [0.15, 0.2) is 23.1 Å². The molecule has 0 radical (unpaired) electrons. The minimum Gasteiger partial charge on any atom is -0.383 e. The van der Waals surface area contributed by atoms with Gasteiger partial charge >= 0.3 is 0 Å². The van der Waals surface area contributed by atoms with Crippen LogP contribution in [0.1, 0.15) is 6.42 Å². The van der Waals surface area contributed by atoms with Crippen LogP contribution in [0.2, 0.25) is 0 Å². The molecule has 120 valence electrons. The molecule has 0 spiro atoms. The number of nitrogens with two attached hydrogens (primary N) is 2. The summed E-state index contributed by atoms with van der Waals surface area (Å²) in [6, 6.07) is 0.170. The van der Waals surface area contributed by atoms with Gasteiger partial charge in [-0.05, 0) is 22.4 Å². The lowest BCUT2D eigenvalue weighted by Gasteiger charge is -2.19. The molecule has 3 aromatic rings. The highest BCUT2D eigenvalue weighted by molar-refractivity contribution is 9.10. The van der Waals surface area contributed by atoms with Crippen LogP contribution in [-0.2, 0) is 7.05 Å². The number of fused-ring (bicyclic) bond motifs is 1. The molecule has 1 fully saturated rings. The Hall–Kier alpha value is -2.13. The number of nitrogen functional groups attached to an aromatic ring is 1. The first-order chi connectivity index (χ1) is 11.0. The summed E-state index contributed by atoms with van der Waals surface area (Å²) in [5, 5.41) is 8.58. The summed E-state index contributed by atoms with van der Waals surface area (Å²) in [4.78, 5) is 6.96. The van der Waals surface area contributed by atoms with Gasteiger partial charge in [0.1, 0.15) is 16.1 Å². The highest BCUT2D eigenvalue weighted by Crippen LogP contribution is 2.35. The number of hydrogen-bond acceptors (Lipinski definition) is 6. The predicted molar refractivity (Wildman–Crippen MR) is 92.1 cm³/mol. The van der Waals surface area contributed by atoms with Crippen LogP contribution in [0.25, 0.3) is 16.8 Å². The average molecular weight is 377 g/mol. The minimum atomic E-state index is 0.170. The van der Waals surface area contributed by atoms with Gasteiger partial charge in [-0.15, -0.1) is 0 Å². The Labute approximate surface area is 141 Å². The van der Waals surface area contributed by atoms with Crippen LogP contribution in [0, 0.1) is 0 Å². The maximum absolute atomic E-state index is 6.25. The van der Waals surface area contributed by atoms with Crippen molar-refractivity contribution in [3.63, 3.8) is 0 Å². The maximum Gasteiger partial charge on any atom is 0.167 e. The van der Waals surface area contributed by atoms with Gasteiger partial charge in [0.25, 0.3) is 0 Å². The van der Waals surface area contributed by atoms with E-state index in [9.17, 15) is 0 Å². The van der Waals surface area contributed by atoms with Crippen molar-refractivity contribution in [2.45, 2.75) is 12.5 Å². The molecule has 0 unspecified atom stereocenters. The molecular weight excluding hydrogens is 360 g/mol. The molecule has 9 heteroatoms. The first-order valence-corrected chi connectivity index (χ1v) is 8.16. The minimum absolute atomic E-state index is 0.170. The van der Waals surface area contributed by atoms with Crippen molar-refractivity contribution in [1.82, 2.24) is 24.4 Å². The molecule has 3 aromatic heterocycles. The summed E-state index contributed by atoms with van der Waals surface area (Å²) >= 11 is 3.55. The summed E-state index contributed by atoms with van der Waals surface area (Å²) in [7, 11) is 1.88. The van der Waals surface area contributed by atoms with Gasteiger partial charge in [0.05, 0.1) is 12.4 Å². The first-order valence-electron chi connectivity index (χ1n) is 7.37. The van der Waals surface area contributed by atoms with E-state index >= 15 is 0 Å². The summed E-state index contributed by atoms with van der Waals surface area (Å²) in [5.41, 5.74) is 14.9. The van der Waals surface area contributed by atoms with Crippen LogP contribution in [0.3, 0.4) is 0 Å². The smallest absolute Gasteiger partial charge is 0.167 e. The largest absolute Gasteiger partial charge is 0.383 e. The van der Waals surface area contributed by atoms with Gasteiger partial charge in [-0.1, -0.05) is 0 Å². The number of anilines is 2. The van der Waals surface area contributed by atoms with Gasteiger partial charge in [-0.2, -0.15) is 14.7 Å². The molecule has 0 aliphatic carbocycles. The molecule has 23 heavy (non-hydrogen) atoms. The molecule has 0 saturated carbocycles. The molecule has 4 rings (SSSR count). The van der Waals surface area contributed by atoms with Crippen molar-refractivity contribution in [2.75, 3.05) is 23.7 Å². The Morgan fingerprint density at radius 3 is 2.78 bits per heavy atom. The Morgan fingerprint density at radius 2 is 2.13 bits per heavy atom. The molecule has 4 heterocycles. The quantitative estimate of drug-likeness (QED) is 0.691. The van der Waals surface area contributed by atoms with Gasteiger partial charge in [-0.3, -0.25) is 4.68 Å². The normalized spacial score (nSPS) is 18.2. The Bertz CT molecular complexity index is 882. The fourth-order valence-corrected chi connectivity index (χ4v) is 3.44. The second kappa shape index (κ2) is 5.20. The van der Waals surface area contributed by atoms with Crippen molar-refractivity contribution < 1.29 is 0 Å². The topological polar surface area (TPSA) is 103 Å². The highest BCUT2D eigenvalue weighted by atomic mass is 79.9. The number of rotatable bonds is 2. The van der Waals surface area contributed by atoms with E-state index in [-0.39, 0.29) is 6.04 Å². The Kier molecular flexibility index (Phi) is 3.27.